The quantitative estimate of drug-likeness (QED) is 0.264. The zero-order chi connectivity index (χ0) is 17.7. The summed E-state index contributed by atoms with van der Waals surface area (Å²) in [5.41, 5.74) is 1.21. The van der Waals surface area contributed by atoms with Crippen molar-refractivity contribution < 1.29 is 4.79 Å². The number of likely N-dealkylation sites (tertiary alicyclic amines) is 1. The summed E-state index contributed by atoms with van der Waals surface area (Å²) in [7, 11) is 0. The molecular formula is C19H32IN5O. The molecule has 1 saturated heterocycles. The summed E-state index contributed by atoms with van der Waals surface area (Å²) in [4.78, 5) is 22.7. The van der Waals surface area contributed by atoms with E-state index in [9.17, 15) is 4.79 Å². The minimum Gasteiger partial charge on any atom is -0.357 e. The first-order valence-electron chi connectivity index (χ1n) is 9.48. The van der Waals surface area contributed by atoms with E-state index < -0.39 is 0 Å². The number of halogens is 1. The van der Waals surface area contributed by atoms with Gasteiger partial charge in [0.25, 0.3) is 0 Å². The van der Waals surface area contributed by atoms with E-state index in [1.54, 1.807) is 6.20 Å². The standard InChI is InChI=1S/C19H31N5O.HI/c1-2-21-19(23-13-10-17-8-6-11-20-16-17)22-12-7-15-24-14-5-3-4-9-18(24)25;/h6,8,11,16H,2-5,7,9-10,12-15H2,1H3,(H2,21,22,23);1H. The molecule has 0 radical (unpaired) electrons. The molecule has 2 heterocycles. The lowest BCUT2D eigenvalue weighted by molar-refractivity contribution is -0.130. The molecule has 0 spiro atoms. The molecule has 1 aliphatic rings. The van der Waals surface area contributed by atoms with E-state index in [-0.39, 0.29) is 24.0 Å². The molecule has 2 N–H and O–H groups in total. The van der Waals surface area contributed by atoms with Gasteiger partial charge in [0.2, 0.25) is 5.91 Å². The Kier molecular flexibility index (Phi) is 12.0. The number of carbonyl (C=O) groups is 1. The molecule has 1 amide bonds. The molecule has 1 aromatic heterocycles. The Balaban J connectivity index is 0.00000338. The van der Waals surface area contributed by atoms with E-state index in [1.807, 2.05) is 17.2 Å². The lowest BCUT2D eigenvalue weighted by atomic mass is 10.2. The number of rotatable bonds is 8. The van der Waals surface area contributed by atoms with Crippen LogP contribution >= 0.6 is 24.0 Å². The maximum atomic E-state index is 12.0. The Hall–Kier alpha value is -1.38. The second-order valence-electron chi connectivity index (χ2n) is 6.34. The predicted molar refractivity (Wildman–Crippen MR) is 117 cm³/mol. The minimum atomic E-state index is 0. The SMILES string of the molecule is CCNC(=NCCCN1CCCCCC1=O)NCCc1cccnc1.I. The molecule has 146 valence electrons. The van der Waals surface area contributed by atoms with Crippen LogP contribution in [0.1, 0.15) is 44.6 Å². The van der Waals surface area contributed by atoms with Gasteiger partial charge < -0.3 is 15.5 Å². The van der Waals surface area contributed by atoms with Crippen LogP contribution in [0.4, 0.5) is 0 Å². The smallest absolute Gasteiger partial charge is 0.222 e. The molecule has 1 aliphatic heterocycles. The summed E-state index contributed by atoms with van der Waals surface area (Å²) in [6, 6.07) is 4.04. The number of carbonyl (C=O) groups excluding carboxylic acids is 1. The number of nitrogens with zero attached hydrogens (tertiary/aromatic N) is 3. The Labute approximate surface area is 174 Å². The van der Waals surface area contributed by atoms with Crippen molar-refractivity contribution in [3.63, 3.8) is 0 Å². The Bertz CT molecular complexity index is 538. The summed E-state index contributed by atoms with van der Waals surface area (Å²) >= 11 is 0. The van der Waals surface area contributed by atoms with E-state index >= 15 is 0 Å². The topological polar surface area (TPSA) is 69.6 Å². The maximum Gasteiger partial charge on any atom is 0.222 e. The third-order valence-corrected chi connectivity index (χ3v) is 4.30. The van der Waals surface area contributed by atoms with E-state index in [4.69, 9.17) is 0 Å². The summed E-state index contributed by atoms with van der Waals surface area (Å²) in [6.45, 7) is 6.18. The van der Waals surface area contributed by atoms with Crippen LogP contribution in [0, 0.1) is 0 Å². The molecule has 26 heavy (non-hydrogen) atoms. The number of pyridine rings is 1. The van der Waals surface area contributed by atoms with Gasteiger partial charge in [0.15, 0.2) is 5.96 Å². The zero-order valence-corrected chi connectivity index (χ0v) is 18.1. The fourth-order valence-electron chi connectivity index (χ4n) is 2.94. The van der Waals surface area contributed by atoms with Crippen molar-refractivity contribution in [2.24, 2.45) is 4.99 Å². The van der Waals surface area contributed by atoms with Crippen LogP contribution in [0.5, 0.6) is 0 Å². The van der Waals surface area contributed by atoms with Gasteiger partial charge in [0, 0.05) is 51.5 Å². The average molecular weight is 473 g/mol. The fraction of sp³-hybridized carbons (Fsp3) is 0.632. The first-order valence-corrected chi connectivity index (χ1v) is 9.48. The Morgan fingerprint density at radius 1 is 1.31 bits per heavy atom. The van der Waals surface area contributed by atoms with Crippen molar-refractivity contribution >= 4 is 35.8 Å². The highest BCUT2D eigenvalue weighted by Gasteiger charge is 2.15. The number of aromatic nitrogens is 1. The van der Waals surface area contributed by atoms with Gasteiger partial charge in [-0.25, -0.2) is 0 Å². The largest absolute Gasteiger partial charge is 0.357 e. The lowest BCUT2D eigenvalue weighted by Gasteiger charge is -2.20. The van der Waals surface area contributed by atoms with Crippen molar-refractivity contribution in [3.8, 4) is 0 Å². The molecule has 0 aliphatic carbocycles. The second-order valence-corrected chi connectivity index (χ2v) is 6.34. The zero-order valence-electron chi connectivity index (χ0n) is 15.7. The van der Waals surface area contributed by atoms with Gasteiger partial charge in [0.05, 0.1) is 0 Å². The molecule has 0 atom stereocenters. The molecule has 0 bridgehead atoms. The van der Waals surface area contributed by atoms with Crippen molar-refractivity contribution in [1.82, 2.24) is 20.5 Å². The second kappa shape index (κ2) is 13.8. The minimum absolute atomic E-state index is 0. The average Bonchev–Trinajstić information content (AvgIpc) is 2.84. The van der Waals surface area contributed by atoms with Crippen LogP contribution < -0.4 is 10.6 Å². The summed E-state index contributed by atoms with van der Waals surface area (Å²) in [5.74, 6) is 1.15. The van der Waals surface area contributed by atoms with E-state index in [0.29, 0.717) is 12.3 Å². The third kappa shape index (κ3) is 8.82. The van der Waals surface area contributed by atoms with Crippen LogP contribution in [0.3, 0.4) is 0 Å². The van der Waals surface area contributed by atoms with Gasteiger partial charge in [-0.05, 0) is 44.2 Å². The molecule has 6 nitrogen and oxygen atoms in total. The number of hydrogen-bond acceptors (Lipinski definition) is 3. The molecule has 0 aromatic carbocycles. The van der Waals surface area contributed by atoms with E-state index in [2.05, 4.69) is 33.6 Å². The van der Waals surface area contributed by atoms with Crippen LogP contribution in [-0.4, -0.2) is 54.5 Å². The summed E-state index contributed by atoms with van der Waals surface area (Å²) in [5, 5.41) is 6.63. The highest BCUT2D eigenvalue weighted by atomic mass is 127. The third-order valence-electron chi connectivity index (χ3n) is 4.30. The molecular weight excluding hydrogens is 441 g/mol. The van der Waals surface area contributed by atoms with Gasteiger partial charge >= 0.3 is 0 Å². The number of guanidine groups is 1. The molecule has 2 rings (SSSR count). The fourth-order valence-corrected chi connectivity index (χ4v) is 2.94. The highest BCUT2D eigenvalue weighted by molar-refractivity contribution is 14.0. The summed E-state index contributed by atoms with van der Waals surface area (Å²) < 4.78 is 0. The van der Waals surface area contributed by atoms with Gasteiger partial charge in [-0.3, -0.25) is 14.8 Å². The van der Waals surface area contributed by atoms with Gasteiger partial charge in [-0.15, -0.1) is 24.0 Å². The summed E-state index contributed by atoms with van der Waals surface area (Å²) in [6.07, 6.45) is 9.56. The molecule has 1 aromatic rings. The van der Waals surface area contributed by atoms with Crippen LogP contribution in [-0.2, 0) is 11.2 Å². The number of nitrogens with one attached hydrogen (secondary N) is 2. The van der Waals surface area contributed by atoms with Crippen LogP contribution in [0.2, 0.25) is 0 Å². The van der Waals surface area contributed by atoms with Gasteiger partial charge in [-0.1, -0.05) is 12.5 Å². The molecule has 1 fully saturated rings. The van der Waals surface area contributed by atoms with E-state index in [0.717, 1.165) is 64.4 Å². The number of hydrogen-bond donors (Lipinski definition) is 2. The number of amides is 1. The van der Waals surface area contributed by atoms with Crippen LogP contribution in [0.25, 0.3) is 0 Å². The molecule has 0 saturated carbocycles. The van der Waals surface area contributed by atoms with Crippen molar-refractivity contribution in [1.29, 1.82) is 0 Å². The number of aliphatic imine (C=N–C) groups is 1. The van der Waals surface area contributed by atoms with Crippen molar-refractivity contribution in [2.75, 3.05) is 32.7 Å². The van der Waals surface area contributed by atoms with Crippen molar-refractivity contribution in [2.45, 2.75) is 45.4 Å². The van der Waals surface area contributed by atoms with E-state index in [1.165, 1.54) is 12.0 Å². The van der Waals surface area contributed by atoms with Crippen molar-refractivity contribution in [3.05, 3.63) is 30.1 Å². The van der Waals surface area contributed by atoms with Crippen LogP contribution in [0.15, 0.2) is 29.5 Å². The lowest BCUT2D eigenvalue weighted by Crippen LogP contribution is -2.38. The maximum absolute atomic E-state index is 12.0. The molecule has 7 heteroatoms. The highest BCUT2D eigenvalue weighted by Crippen LogP contribution is 2.11. The predicted octanol–water partition coefficient (Wildman–Crippen LogP) is 2.59. The monoisotopic (exact) mass is 473 g/mol. The van der Waals surface area contributed by atoms with Gasteiger partial charge in [-0.2, -0.15) is 0 Å². The normalized spacial score (nSPS) is 15.2. The first-order chi connectivity index (χ1) is 12.3. The van der Waals surface area contributed by atoms with Gasteiger partial charge in [0.1, 0.15) is 0 Å². The Morgan fingerprint density at radius 2 is 2.19 bits per heavy atom. The molecule has 0 unspecified atom stereocenters. The Morgan fingerprint density at radius 3 is 2.96 bits per heavy atom. The first kappa shape index (κ1) is 22.7.